The molecule has 0 aliphatic carbocycles. The standard InChI is InChI=1S/C18H16N4O2/c1-11-4-5-13-12(7-11)18(23)21-6-2-3-14(21)17-16(20-9-22(13)17)15-8-19-10-24-15/h4-5,7-10,14H,2-3,6H2,1H3/t14-/m0/s1. The third-order valence-electron chi connectivity index (χ3n) is 4.94. The van der Waals surface area contributed by atoms with Crippen molar-refractivity contribution >= 4 is 5.91 Å². The van der Waals surface area contributed by atoms with Crippen LogP contribution in [0.1, 0.15) is 40.5 Å². The van der Waals surface area contributed by atoms with Gasteiger partial charge in [0.05, 0.1) is 29.2 Å². The normalized spacial score (nSPS) is 19.0. The molecule has 6 heteroatoms. The Bertz CT molecular complexity index is 942. The van der Waals surface area contributed by atoms with Crippen molar-refractivity contribution in [1.82, 2.24) is 19.4 Å². The summed E-state index contributed by atoms with van der Waals surface area (Å²) in [6, 6.07) is 6.02. The monoisotopic (exact) mass is 320 g/mol. The van der Waals surface area contributed by atoms with Crippen LogP contribution in [0, 0.1) is 6.92 Å². The van der Waals surface area contributed by atoms with Crippen molar-refractivity contribution in [2.45, 2.75) is 25.8 Å². The van der Waals surface area contributed by atoms with Gasteiger partial charge < -0.3 is 9.32 Å². The van der Waals surface area contributed by atoms with E-state index in [0.29, 0.717) is 5.76 Å². The van der Waals surface area contributed by atoms with Crippen molar-refractivity contribution in [3.63, 3.8) is 0 Å². The lowest BCUT2D eigenvalue weighted by Gasteiger charge is -2.22. The van der Waals surface area contributed by atoms with Crippen LogP contribution in [0.25, 0.3) is 17.1 Å². The van der Waals surface area contributed by atoms with Gasteiger partial charge in [0.2, 0.25) is 0 Å². The fourth-order valence-electron chi connectivity index (χ4n) is 3.87. The zero-order chi connectivity index (χ0) is 16.3. The summed E-state index contributed by atoms with van der Waals surface area (Å²) in [5.74, 6) is 0.738. The summed E-state index contributed by atoms with van der Waals surface area (Å²) in [6.07, 6.45) is 6.80. The second-order valence-corrected chi connectivity index (χ2v) is 6.39. The molecule has 0 saturated carbocycles. The average molecular weight is 320 g/mol. The Morgan fingerprint density at radius 3 is 3.08 bits per heavy atom. The summed E-state index contributed by atoms with van der Waals surface area (Å²) < 4.78 is 7.52. The number of hydrogen-bond donors (Lipinski definition) is 0. The SMILES string of the molecule is Cc1ccc2c(c1)C(=O)N1CCC[C@H]1c1c(-c3cnco3)ncn1-2. The van der Waals surface area contributed by atoms with Gasteiger partial charge in [-0.25, -0.2) is 9.97 Å². The molecule has 2 aliphatic heterocycles. The molecule has 1 saturated heterocycles. The number of imidazole rings is 1. The highest BCUT2D eigenvalue weighted by molar-refractivity contribution is 5.99. The zero-order valence-electron chi connectivity index (χ0n) is 13.3. The van der Waals surface area contributed by atoms with Gasteiger partial charge in [0, 0.05) is 6.54 Å². The van der Waals surface area contributed by atoms with Gasteiger partial charge in [0.1, 0.15) is 12.0 Å². The molecule has 0 spiro atoms. The first kappa shape index (κ1) is 13.5. The topological polar surface area (TPSA) is 64.2 Å². The molecular formula is C18H16N4O2. The first-order valence-electron chi connectivity index (χ1n) is 8.12. The molecule has 1 amide bonds. The lowest BCUT2D eigenvalue weighted by molar-refractivity contribution is 0.0739. The van der Waals surface area contributed by atoms with Gasteiger partial charge in [0.25, 0.3) is 5.91 Å². The van der Waals surface area contributed by atoms with Crippen LogP contribution < -0.4 is 0 Å². The van der Waals surface area contributed by atoms with Crippen LogP contribution in [0.2, 0.25) is 0 Å². The molecule has 2 aliphatic rings. The second-order valence-electron chi connectivity index (χ2n) is 6.39. The highest BCUT2D eigenvalue weighted by Gasteiger charge is 2.39. The smallest absolute Gasteiger partial charge is 0.256 e. The van der Waals surface area contributed by atoms with E-state index in [1.165, 1.54) is 6.39 Å². The summed E-state index contributed by atoms with van der Waals surface area (Å²) in [5.41, 5.74) is 4.48. The van der Waals surface area contributed by atoms with E-state index < -0.39 is 0 Å². The maximum Gasteiger partial charge on any atom is 0.256 e. The molecule has 0 radical (unpaired) electrons. The van der Waals surface area contributed by atoms with Crippen LogP contribution in [0.4, 0.5) is 0 Å². The Hall–Kier alpha value is -2.89. The lowest BCUT2D eigenvalue weighted by Crippen LogP contribution is -2.29. The quantitative estimate of drug-likeness (QED) is 0.691. The van der Waals surface area contributed by atoms with Crippen LogP contribution in [-0.2, 0) is 0 Å². The minimum Gasteiger partial charge on any atom is -0.442 e. The fraction of sp³-hybridized carbons (Fsp3) is 0.278. The van der Waals surface area contributed by atoms with E-state index in [1.807, 2.05) is 34.6 Å². The number of hydrogen-bond acceptors (Lipinski definition) is 4. The molecule has 1 fully saturated rings. The number of carbonyl (C=O) groups is 1. The number of aromatic nitrogens is 3. The minimum atomic E-state index is 0.0211. The molecule has 0 N–H and O–H groups in total. The number of carbonyl (C=O) groups excluding carboxylic acids is 1. The average Bonchev–Trinajstić information content (AvgIpc) is 3.31. The Morgan fingerprint density at radius 2 is 2.25 bits per heavy atom. The molecule has 0 unspecified atom stereocenters. The number of oxazole rings is 1. The van der Waals surface area contributed by atoms with Gasteiger partial charge in [-0.15, -0.1) is 0 Å². The van der Waals surface area contributed by atoms with E-state index in [2.05, 4.69) is 9.97 Å². The fourth-order valence-corrected chi connectivity index (χ4v) is 3.87. The summed E-state index contributed by atoms with van der Waals surface area (Å²) in [4.78, 5) is 23.7. The first-order valence-corrected chi connectivity index (χ1v) is 8.12. The highest BCUT2D eigenvalue weighted by atomic mass is 16.3. The number of benzene rings is 1. The van der Waals surface area contributed by atoms with Gasteiger partial charge in [-0.05, 0) is 31.9 Å². The number of nitrogens with zero attached hydrogens (tertiary/aromatic N) is 4. The van der Waals surface area contributed by atoms with Crippen LogP contribution in [0.3, 0.4) is 0 Å². The van der Waals surface area contributed by atoms with E-state index >= 15 is 0 Å². The molecule has 1 atom stereocenters. The second kappa shape index (κ2) is 4.80. The van der Waals surface area contributed by atoms with Crippen LogP contribution in [-0.4, -0.2) is 31.9 Å². The van der Waals surface area contributed by atoms with Gasteiger partial charge in [0.15, 0.2) is 12.2 Å². The van der Waals surface area contributed by atoms with Crippen LogP contribution >= 0.6 is 0 Å². The number of rotatable bonds is 1. The molecule has 5 rings (SSSR count). The molecule has 120 valence electrons. The van der Waals surface area contributed by atoms with E-state index in [-0.39, 0.29) is 11.9 Å². The Labute approximate surface area is 138 Å². The van der Waals surface area contributed by atoms with Gasteiger partial charge >= 0.3 is 0 Å². The largest absolute Gasteiger partial charge is 0.442 e. The van der Waals surface area contributed by atoms with E-state index in [0.717, 1.165) is 47.6 Å². The third kappa shape index (κ3) is 1.73. The number of aryl methyl sites for hydroxylation is 1. The molecule has 6 nitrogen and oxygen atoms in total. The number of fused-ring (bicyclic) bond motifs is 5. The van der Waals surface area contributed by atoms with Crippen molar-refractivity contribution in [2.75, 3.05) is 6.54 Å². The van der Waals surface area contributed by atoms with E-state index in [9.17, 15) is 4.79 Å². The van der Waals surface area contributed by atoms with E-state index in [1.54, 1.807) is 12.5 Å². The molecule has 4 heterocycles. The maximum absolute atomic E-state index is 13.1. The molecular weight excluding hydrogens is 304 g/mol. The Morgan fingerprint density at radius 1 is 1.33 bits per heavy atom. The lowest BCUT2D eigenvalue weighted by atomic mass is 10.1. The van der Waals surface area contributed by atoms with Crippen molar-refractivity contribution in [1.29, 1.82) is 0 Å². The highest BCUT2D eigenvalue weighted by Crippen LogP contribution is 2.42. The van der Waals surface area contributed by atoms with E-state index in [4.69, 9.17) is 4.42 Å². The Kier molecular flexibility index (Phi) is 2.71. The predicted molar refractivity (Wildman–Crippen MR) is 86.8 cm³/mol. The van der Waals surface area contributed by atoms with Crippen molar-refractivity contribution < 1.29 is 9.21 Å². The molecule has 24 heavy (non-hydrogen) atoms. The summed E-state index contributed by atoms with van der Waals surface area (Å²) in [5, 5.41) is 0. The summed E-state index contributed by atoms with van der Waals surface area (Å²) in [7, 11) is 0. The molecule has 1 aromatic carbocycles. The summed E-state index contributed by atoms with van der Waals surface area (Å²) in [6.45, 7) is 2.78. The maximum atomic E-state index is 13.1. The minimum absolute atomic E-state index is 0.0211. The summed E-state index contributed by atoms with van der Waals surface area (Å²) >= 11 is 0. The first-order chi connectivity index (χ1) is 11.7. The van der Waals surface area contributed by atoms with Crippen LogP contribution in [0.15, 0.2) is 41.5 Å². The van der Waals surface area contributed by atoms with Crippen molar-refractivity contribution in [3.05, 3.63) is 53.9 Å². The predicted octanol–water partition coefficient (Wildman–Crippen LogP) is 3.13. The van der Waals surface area contributed by atoms with Crippen molar-refractivity contribution in [3.8, 4) is 17.1 Å². The van der Waals surface area contributed by atoms with Gasteiger partial charge in [-0.3, -0.25) is 9.36 Å². The molecule has 3 aromatic rings. The van der Waals surface area contributed by atoms with Gasteiger partial charge in [-0.2, -0.15) is 0 Å². The Balaban J connectivity index is 1.82. The van der Waals surface area contributed by atoms with Crippen LogP contribution in [0.5, 0.6) is 0 Å². The van der Waals surface area contributed by atoms with Gasteiger partial charge in [-0.1, -0.05) is 11.6 Å². The number of amides is 1. The zero-order valence-corrected chi connectivity index (χ0v) is 13.3. The molecule has 0 bridgehead atoms. The van der Waals surface area contributed by atoms with Crippen molar-refractivity contribution in [2.24, 2.45) is 0 Å². The third-order valence-corrected chi connectivity index (χ3v) is 4.94. The molecule has 2 aromatic heterocycles.